The number of carbonyl (C=O) groups is 1. The lowest BCUT2D eigenvalue weighted by Gasteiger charge is -2.12. The molecule has 3 nitrogen and oxygen atoms in total. The molecule has 2 N–H and O–H groups in total. The summed E-state index contributed by atoms with van der Waals surface area (Å²) in [5.41, 5.74) is 1.20. The Morgan fingerprint density at radius 1 is 1.38 bits per heavy atom. The average Bonchev–Trinajstić information content (AvgIpc) is 2.30. The Hall–Kier alpha value is -1.35. The lowest BCUT2D eigenvalue weighted by molar-refractivity contribution is -0.141. The van der Waals surface area contributed by atoms with Gasteiger partial charge in [0.1, 0.15) is 0 Å². The van der Waals surface area contributed by atoms with Crippen LogP contribution in [0.25, 0.3) is 0 Å². The highest BCUT2D eigenvalue weighted by Gasteiger charge is 2.16. The molecule has 0 spiro atoms. The fraction of sp³-hybridized carbons (Fsp3) is 0.462. The van der Waals surface area contributed by atoms with Gasteiger partial charge in [0.05, 0.1) is 5.92 Å². The molecule has 1 rings (SSSR count). The molecule has 1 atom stereocenters. The first-order valence-electron chi connectivity index (χ1n) is 5.71. The minimum Gasteiger partial charge on any atom is -0.481 e. The second-order valence-corrected chi connectivity index (χ2v) is 3.87. The van der Waals surface area contributed by atoms with Gasteiger partial charge >= 0.3 is 5.97 Å². The molecular formula is C13H19NO2. The van der Waals surface area contributed by atoms with Gasteiger partial charge in [-0.1, -0.05) is 37.3 Å². The molecule has 0 aliphatic carbocycles. The Bertz CT molecular complexity index is 311. The fourth-order valence-corrected chi connectivity index (χ4v) is 1.62. The summed E-state index contributed by atoms with van der Waals surface area (Å²) in [5.74, 6) is -1.00. The fourth-order valence-electron chi connectivity index (χ4n) is 1.62. The molecule has 0 bridgehead atoms. The van der Waals surface area contributed by atoms with Crippen LogP contribution in [0.2, 0.25) is 0 Å². The third kappa shape index (κ3) is 4.45. The smallest absolute Gasteiger partial charge is 0.307 e. The van der Waals surface area contributed by atoms with Crippen LogP contribution in [0, 0.1) is 5.92 Å². The molecule has 0 saturated carbocycles. The molecule has 0 fully saturated rings. The van der Waals surface area contributed by atoms with Gasteiger partial charge in [-0.2, -0.15) is 0 Å². The quantitative estimate of drug-likeness (QED) is 0.739. The van der Waals surface area contributed by atoms with Gasteiger partial charge in [0.25, 0.3) is 0 Å². The number of aryl methyl sites for hydroxylation is 1. The number of carboxylic acid groups (broad SMARTS) is 1. The van der Waals surface area contributed by atoms with Crippen LogP contribution in [-0.4, -0.2) is 24.2 Å². The normalized spacial score (nSPS) is 12.3. The van der Waals surface area contributed by atoms with E-state index in [1.807, 2.05) is 37.3 Å². The van der Waals surface area contributed by atoms with Crippen molar-refractivity contribution in [3.63, 3.8) is 0 Å². The van der Waals surface area contributed by atoms with Gasteiger partial charge in [-0.25, -0.2) is 0 Å². The monoisotopic (exact) mass is 221 g/mol. The van der Waals surface area contributed by atoms with Crippen LogP contribution >= 0.6 is 0 Å². The minimum atomic E-state index is -0.711. The second-order valence-electron chi connectivity index (χ2n) is 3.87. The van der Waals surface area contributed by atoms with Crippen molar-refractivity contribution in [3.05, 3.63) is 35.9 Å². The van der Waals surface area contributed by atoms with Crippen LogP contribution < -0.4 is 5.32 Å². The summed E-state index contributed by atoms with van der Waals surface area (Å²) >= 11 is 0. The van der Waals surface area contributed by atoms with Crippen molar-refractivity contribution in [3.8, 4) is 0 Å². The van der Waals surface area contributed by atoms with E-state index in [1.165, 1.54) is 5.56 Å². The summed E-state index contributed by atoms with van der Waals surface area (Å²) in [4.78, 5) is 11.0. The molecule has 0 unspecified atom stereocenters. The van der Waals surface area contributed by atoms with Crippen LogP contribution in [0.5, 0.6) is 0 Å². The summed E-state index contributed by atoms with van der Waals surface area (Å²) < 4.78 is 0. The maximum Gasteiger partial charge on any atom is 0.307 e. The lowest BCUT2D eigenvalue weighted by Crippen LogP contribution is -2.28. The first-order valence-corrected chi connectivity index (χ1v) is 5.71. The summed E-state index contributed by atoms with van der Waals surface area (Å²) in [6, 6.07) is 10.00. The van der Waals surface area contributed by atoms with E-state index < -0.39 is 5.97 Å². The Kier molecular flexibility index (Phi) is 5.57. The molecule has 16 heavy (non-hydrogen) atoms. The molecular weight excluding hydrogens is 202 g/mol. The highest BCUT2D eigenvalue weighted by atomic mass is 16.4. The summed E-state index contributed by atoms with van der Waals surface area (Å²) in [5, 5.41) is 12.1. The molecule has 0 saturated heterocycles. The topological polar surface area (TPSA) is 49.3 Å². The van der Waals surface area contributed by atoms with Crippen LogP contribution in [0.3, 0.4) is 0 Å². The van der Waals surface area contributed by atoms with Gasteiger partial charge in [0.2, 0.25) is 0 Å². The SMILES string of the molecule is CCNC[C@H](CCc1ccccc1)C(=O)O. The van der Waals surface area contributed by atoms with Gasteiger partial charge in [-0.05, 0) is 24.9 Å². The molecule has 0 heterocycles. The van der Waals surface area contributed by atoms with Crippen LogP contribution in [0.15, 0.2) is 30.3 Å². The zero-order chi connectivity index (χ0) is 11.8. The third-order valence-electron chi connectivity index (χ3n) is 2.61. The van der Waals surface area contributed by atoms with Gasteiger partial charge in [0.15, 0.2) is 0 Å². The highest BCUT2D eigenvalue weighted by Crippen LogP contribution is 2.09. The van der Waals surface area contributed by atoms with Gasteiger partial charge in [-0.15, -0.1) is 0 Å². The number of benzene rings is 1. The summed E-state index contributed by atoms with van der Waals surface area (Å²) in [6.45, 7) is 3.35. The van der Waals surface area contributed by atoms with Gasteiger partial charge in [-0.3, -0.25) is 4.79 Å². The van der Waals surface area contributed by atoms with Crippen molar-refractivity contribution in [2.24, 2.45) is 5.92 Å². The van der Waals surface area contributed by atoms with Crippen molar-refractivity contribution in [2.75, 3.05) is 13.1 Å². The first kappa shape index (κ1) is 12.7. The van der Waals surface area contributed by atoms with Crippen molar-refractivity contribution in [1.29, 1.82) is 0 Å². The maximum absolute atomic E-state index is 11.0. The third-order valence-corrected chi connectivity index (χ3v) is 2.61. The van der Waals surface area contributed by atoms with Crippen molar-refractivity contribution >= 4 is 5.97 Å². The Balaban J connectivity index is 2.41. The van der Waals surface area contributed by atoms with E-state index >= 15 is 0 Å². The summed E-state index contributed by atoms with van der Waals surface area (Å²) in [7, 11) is 0. The van der Waals surface area contributed by atoms with E-state index in [9.17, 15) is 4.79 Å². The Morgan fingerprint density at radius 2 is 2.06 bits per heavy atom. The van der Waals surface area contributed by atoms with Crippen molar-refractivity contribution in [1.82, 2.24) is 5.32 Å². The van der Waals surface area contributed by atoms with E-state index in [-0.39, 0.29) is 5.92 Å². The second kappa shape index (κ2) is 7.01. The summed E-state index contributed by atoms with van der Waals surface area (Å²) in [6.07, 6.45) is 1.51. The lowest BCUT2D eigenvalue weighted by atomic mass is 9.99. The van der Waals surface area contributed by atoms with E-state index in [0.717, 1.165) is 13.0 Å². The van der Waals surface area contributed by atoms with Gasteiger partial charge in [0, 0.05) is 6.54 Å². The molecule has 1 aromatic rings. The molecule has 0 aromatic heterocycles. The van der Waals surface area contributed by atoms with E-state index in [1.54, 1.807) is 0 Å². The molecule has 0 amide bonds. The Labute approximate surface area is 96.5 Å². The number of carboxylic acids is 1. The zero-order valence-corrected chi connectivity index (χ0v) is 9.65. The first-order chi connectivity index (χ1) is 7.74. The predicted octanol–water partition coefficient (Wildman–Crippen LogP) is 1.93. The van der Waals surface area contributed by atoms with Crippen LogP contribution in [0.4, 0.5) is 0 Å². The van der Waals surface area contributed by atoms with Crippen molar-refractivity contribution < 1.29 is 9.90 Å². The molecule has 3 heteroatoms. The largest absolute Gasteiger partial charge is 0.481 e. The molecule has 0 aliphatic rings. The van der Waals surface area contributed by atoms with Gasteiger partial charge < -0.3 is 10.4 Å². The minimum absolute atomic E-state index is 0.292. The number of aliphatic carboxylic acids is 1. The predicted molar refractivity (Wildman–Crippen MR) is 64.4 cm³/mol. The molecule has 0 aliphatic heterocycles. The molecule has 1 aromatic carbocycles. The van der Waals surface area contributed by atoms with E-state index in [2.05, 4.69) is 5.32 Å². The van der Waals surface area contributed by atoms with E-state index in [0.29, 0.717) is 13.0 Å². The average molecular weight is 221 g/mol. The van der Waals surface area contributed by atoms with Crippen molar-refractivity contribution in [2.45, 2.75) is 19.8 Å². The number of nitrogens with one attached hydrogen (secondary N) is 1. The number of rotatable bonds is 7. The standard InChI is InChI=1S/C13H19NO2/c1-2-14-10-12(13(15)16)9-8-11-6-4-3-5-7-11/h3-7,12,14H,2,8-10H2,1H3,(H,15,16)/t12-/m0/s1. The Morgan fingerprint density at radius 3 is 2.62 bits per heavy atom. The highest BCUT2D eigenvalue weighted by molar-refractivity contribution is 5.70. The molecule has 88 valence electrons. The number of hydrogen-bond donors (Lipinski definition) is 2. The van der Waals surface area contributed by atoms with Crippen LogP contribution in [-0.2, 0) is 11.2 Å². The molecule has 0 radical (unpaired) electrons. The number of hydrogen-bond acceptors (Lipinski definition) is 2. The zero-order valence-electron chi connectivity index (χ0n) is 9.65. The van der Waals surface area contributed by atoms with E-state index in [4.69, 9.17) is 5.11 Å². The van der Waals surface area contributed by atoms with Crippen LogP contribution in [0.1, 0.15) is 18.9 Å². The maximum atomic E-state index is 11.0.